The molecule has 0 bridgehead atoms. The van der Waals surface area contributed by atoms with Crippen molar-refractivity contribution in [3.05, 3.63) is 0 Å². The molecule has 0 aliphatic carbocycles. The number of anilines is 1. The van der Waals surface area contributed by atoms with E-state index in [4.69, 9.17) is 9.47 Å². The van der Waals surface area contributed by atoms with E-state index in [0.717, 1.165) is 6.54 Å². The van der Waals surface area contributed by atoms with Crippen molar-refractivity contribution < 1.29 is 9.47 Å². The molecule has 1 aromatic rings. The lowest BCUT2D eigenvalue weighted by Gasteiger charge is -2.25. The van der Waals surface area contributed by atoms with E-state index >= 15 is 0 Å². The predicted octanol–water partition coefficient (Wildman–Crippen LogP) is 0.887. The second kappa shape index (κ2) is 7.08. The van der Waals surface area contributed by atoms with Gasteiger partial charge < -0.3 is 19.7 Å². The maximum absolute atomic E-state index is 5.03. The minimum absolute atomic E-state index is 0.229. The van der Waals surface area contributed by atoms with E-state index in [1.54, 1.807) is 0 Å². The summed E-state index contributed by atoms with van der Waals surface area (Å²) in [5.74, 6) is 0.903. The molecule has 0 saturated heterocycles. The zero-order valence-electron chi connectivity index (χ0n) is 12.5. The van der Waals surface area contributed by atoms with Crippen LogP contribution in [-0.4, -0.2) is 60.8 Å². The SMILES string of the molecule is COc1nc(NC(CN(C)C)C(C)C)nc(OC)n1. The van der Waals surface area contributed by atoms with Gasteiger partial charge in [-0.2, -0.15) is 9.97 Å². The van der Waals surface area contributed by atoms with Gasteiger partial charge >= 0.3 is 12.0 Å². The van der Waals surface area contributed by atoms with E-state index in [-0.39, 0.29) is 18.1 Å². The summed E-state index contributed by atoms with van der Waals surface area (Å²) in [6.45, 7) is 5.18. The first-order valence-corrected chi connectivity index (χ1v) is 6.21. The average Bonchev–Trinajstić information content (AvgIpc) is 2.36. The van der Waals surface area contributed by atoms with Crippen LogP contribution in [0.5, 0.6) is 12.0 Å². The molecule has 7 nitrogen and oxygen atoms in total. The molecular formula is C12H23N5O2. The van der Waals surface area contributed by atoms with Crippen molar-refractivity contribution in [2.45, 2.75) is 19.9 Å². The van der Waals surface area contributed by atoms with Crippen LogP contribution >= 0.6 is 0 Å². The van der Waals surface area contributed by atoms with Crippen molar-refractivity contribution in [2.24, 2.45) is 5.92 Å². The monoisotopic (exact) mass is 269 g/mol. The van der Waals surface area contributed by atoms with Crippen LogP contribution in [0.4, 0.5) is 5.95 Å². The van der Waals surface area contributed by atoms with Crippen molar-refractivity contribution in [2.75, 3.05) is 40.2 Å². The number of hydrogen-bond donors (Lipinski definition) is 1. The molecule has 0 aliphatic heterocycles. The maximum atomic E-state index is 5.03. The molecule has 0 spiro atoms. The second-order valence-corrected chi connectivity index (χ2v) is 4.89. The normalized spacial score (nSPS) is 12.6. The highest BCUT2D eigenvalue weighted by Crippen LogP contribution is 2.15. The Balaban J connectivity index is 2.88. The lowest BCUT2D eigenvalue weighted by Crippen LogP contribution is -2.37. The third kappa shape index (κ3) is 4.86. The first-order chi connectivity index (χ1) is 8.96. The highest BCUT2D eigenvalue weighted by Gasteiger charge is 2.17. The van der Waals surface area contributed by atoms with Gasteiger partial charge in [0, 0.05) is 12.6 Å². The average molecular weight is 269 g/mol. The van der Waals surface area contributed by atoms with Crippen LogP contribution in [0, 0.1) is 5.92 Å². The molecule has 1 N–H and O–H groups in total. The zero-order valence-corrected chi connectivity index (χ0v) is 12.5. The van der Waals surface area contributed by atoms with Crippen LogP contribution in [0.1, 0.15) is 13.8 Å². The number of rotatable bonds is 7. The van der Waals surface area contributed by atoms with Crippen LogP contribution in [0.2, 0.25) is 0 Å². The lowest BCUT2D eigenvalue weighted by molar-refractivity contribution is 0.333. The molecule has 7 heteroatoms. The molecule has 1 atom stereocenters. The molecule has 108 valence electrons. The Hall–Kier alpha value is -1.63. The molecule has 0 aliphatic rings. The first-order valence-electron chi connectivity index (χ1n) is 6.21. The number of hydrogen-bond acceptors (Lipinski definition) is 7. The summed E-state index contributed by atoms with van der Waals surface area (Å²) in [6, 6.07) is 0.704. The van der Waals surface area contributed by atoms with E-state index < -0.39 is 0 Å². The predicted molar refractivity (Wildman–Crippen MR) is 73.7 cm³/mol. The summed E-state index contributed by atoms with van der Waals surface area (Å²) in [5, 5.41) is 3.30. The van der Waals surface area contributed by atoms with Gasteiger partial charge in [-0.1, -0.05) is 13.8 Å². The van der Waals surface area contributed by atoms with Crippen LogP contribution in [0.3, 0.4) is 0 Å². The van der Waals surface area contributed by atoms with Gasteiger partial charge in [0.1, 0.15) is 0 Å². The number of ether oxygens (including phenoxy) is 2. The molecule has 0 fully saturated rings. The smallest absolute Gasteiger partial charge is 0.324 e. The molecule has 1 rings (SSSR count). The van der Waals surface area contributed by atoms with Crippen LogP contribution in [-0.2, 0) is 0 Å². The Bertz CT molecular complexity index is 375. The Morgan fingerprint density at radius 3 is 1.95 bits per heavy atom. The number of aromatic nitrogens is 3. The first kappa shape index (κ1) is 15.4. The Kier molecular flexibility index (Phi) is 5.75. The van der Waals surface area contributed by atoms with Gasteiger partial charge in [0.15, 0.2) is 0 Å². The summed E-state index contributed by atoms with van der Waals surface area (Å²) < 4.78 is 10.1. The highest BCUT2D eigenvalue weighted by molar-refractivity contribution is 5.29. The molecule has 1 aromatic heterocycles. The summed E-state index contributed by atoms with van der Waals surface area (Å²) in [7, 11) is 7.09. The van der Waals surface area contributed by atoms with Gasteiger partial charge in [-0.05, 0) is 20.0 Å². The van der Waals surface area contributed by atoms with Gasteiger partial charge in [-0.25, -0.2) is 0 Å². The summed E-state index contributed by atoms with van der Waals surface area (Å²) >= 11 is 0. The molecule has 0 saturated carbocycles. The molecule has 0 aromatic carbocycles. The number of methoxy groups -OCH3 is 2. The summed E-state index contributed by atoms with van der Waals surface area (Å²) in [5.41, 5.74) is 0. The van der Waals surface area contributed by atoms with Crippen molar-refractivity contribution >= 4 is 5.95 Å². The van der Waals surface area contributed by atoms with Crippen LogP contribution < -0.4 is 14.8 Å². The van der Waals surface area contributed by atoms with E-state index in [2.05, 4.69) is 39.0 Å². The van der Waals surface area contributed by atoms with Gasteiger partial charge in [0.05, 0.1) is 14.2 Å². The topological polar surface area (TPSA) is 72.4 Å². The summed E-state index contributed by atoms with van der Waals surface area (Å²) in [4.78, 5) is 14.4. The number of nitrogens with one attached hydrogen (secondary N) is 1. The van der Waals surface area contributed by atoms with E-state index in [9.17, 15) is 0 Å². The summed E-state index contributed by atoms with van der Waals surface area (Å²) in [6.07, 6.45) is 0. The zero-order chi connectivity index (χ0) is 14.4. The lowest BCUT2D eigenvalue weighted by atomic mass is 10.0. The molecule has 19 heavy (non-hydrogen) atoms. The van der Waals surface area contributed by atoms with Crippen molar-refractivity contribution in [1.82, 2.24) is 19.9 Å². The van der Waals surface area contributed by atoms with Crippen LogP contribution in [0.25, 0.3) is 0 Å². The van der Waals surface area contributed by atoms with Crippen molar-refractivity contribution in [3.63, 3.8) is 0 Å². The Morgan fingerprint density at radius 1 is 1.05 bits per heavy atom. The van der Waals surface area contributed by atoms with Gasteiger partial charge in [-0.3, -0.25) is 0 Å². The van der Waals surface area contributed by atoms with E-state index in [0.29, 0.717) is 11.9 Å². The maximum Gasteiger partial charge on any atom is 0.324 e. The second-order valence-electron chi connectivity index (χ2n) is 4.89. The van der Waals surface area contributed by atoms with E-state index in [1.807, 2.05) is 14.1 Å². The molecule has 0 radical (unpaired) electrons. The Labute approximate surface area is 114 Å². The fraction of sp³-hybridized carbons (Fsp3) is 0.750. The quantitative estimate of drug-likeness (QED) is 0.788. The largest absolute Gasteiger partial charge is 0.467 e. The fourth-order valence-corrected chi connectivity index (χ4v) is 1.57. The molecular weight excluding hydrogens is 246 g/mol. The highest BCUT2D eigenvalue weighted by atomic mass is 16.5. The van der Waals surface area contributed by atoms with Gasteiger partial charge in [-0.15, -0.1) is 4.98 Å². The number of likely N-dealkylation sites (N-methyl/N-ethyl adjacent to an activating group) is 1. The Morgan fingerprint density at radius 2 is 1.58 bits per heavy atom. The fourth-order valence-electron chi connectivity index (χ4n) is 1.57. The number of nitrogens with zero attached hydrogens (tertiary/aromatic N) is 4. The minimum atomic E-state index is 0.229. The van der Waals surface area contributed by atoms with Crippen molar-refractivity contribution in [1.29, 1.82) is 0 Å². The molecule has 1 heterocycles. The van der Waals surface area contributed by atoms with Gasteiger partial charge in [0.25, 0.3) is 0 Å². The molecule has 1 unspecified atom stereocenters. The standard InChI is InChI=1S/C12H23N5O2/c1-8(2)9(7-17(3)4)13-10-14-11(18-5)16-12(15-10)19-6/h8-9H,7H2,1-6H3,(H,13,14,15,16). The third-order valence-corrected chi connectivity index (χ3v) is 2.64. The van der Waals surface area contributed by atoms with Crippen molar-refractivity contribution in [3.8, 4) is 12.0 Å². The minimum Gasteiger partial charge on any atom is -0.467 e. The van der Waals surface area contributed by atoms with Gasteiger partial charge in [0.2, 0.25) is 5.95 Å². The van der Waals surface area contributed by atoms with E-state index in [1.165, 1.54) is 14.2 Å². The van der Waals surface area contributed by atoms with Crippen LogP contribution in [0.15, 0.2) is 0 Å². The molecule has 0 amide bonds. The third-order valence-electron chi connectivity index (χ3n) is 2.64.